The topological polar surface area (TPSA) is 0 Å². The van der Waals surface area contributed by atoms with Crippen molar-refractivity contribution in [3.8, 4) is 0 Å². The van der Waals surface area contributed by atoms with Gasteiger partial charge in [-0.1, -0.05) is 84.0 Å². The molecule has 0 N–H and O–H groups in total. The summed E-state index contributed by atoms with van der Waals surface area (Å²) in [7, 11) is 6.88. The zero-order valence-electron chi connectivity index (χ0n) is 15.5. The molecule has 0 aliphatic rings. The minimum absolute atomic E-state index is 0. The third-order valence-corrected chi connectivity index (χ3v) is 4.18. The Kier molecular flexibility index (Phi) is 19.4. The molecule has 0 atom stereocenters. The maximum absolute atomic E-state index is 2.29. The third kappa shape index (κ3) is 23.1. The van der Waals surface area contributed by atoms with Crippen molar-refractivity contribution in [1.82, 2.24) is 0 Å². The average molecular weight is 468 g/mol. The largest absolute Gasteiger partial charge is 0.331 e. The van der Waals surface area contributed by atoms with Crippen LogP contribution in [0.25, 0.3) is 0 Å². The molecule has 0 fully saturated rings. The fourth-order valence-corrected chi connectivity index (χ4v) is 2.78. The molecule has 0 aliphatic heterocycles. The van der Waals surface area contributed by atoms with Crippen LogP contribution in [0, 0.1) is 0 Å². The van der Waals surface area contributed by atoms with Crippen LogP contribution >= 0.6 is 0 Å². The van der Waals surface area contributed by atoms with E-state index in [2.05, 4.69) is 28.1 Å². The molecule has 0 aromatic heterocycles. The van der Waals surface area contributed by atoms with Crippen molar-refractivity contribution in [2.75, 3.05) is 27.7 Å². The molecule has 0 saturated carbocycles. The minimum atomic E-state index is 0. The molecule has 0 aliphatic carbocycles. The summed E-state index contributed by atoms with van der Waals surface area (Å²) in [6, 6.07) is 0. The van der Waals surface area contributed by atoms with Crippen molar-refractivity contribution in [1.29, 1.82) is 0 Å². The molecule has 0 aromatic carbocycles. The van der Waals surface area contributed by atoms with Crippen LogP contribution in [-0.4, -0.2) is 32.2 Å². The van der Waals surface area contributed by atoms with E-state index in [1.165, 1.54) is 96.4 Å². The number of nitrogens with zero attached hydrogens (tertiary/aromatic N) is 1. The number of hydrogen-bond donors (Lipinski definition) is 0. The second-order valence-electron chi connectivity index (χ2n) is 7.61. The van der Waals surface area contributed by atoms with Crippen LogP contribution in [0.2, 0.25) is 0 Å². The second-order valence-corrected chi connectivity index (χ2v) is 7.61. The summed E-state index contributed by atoms with van der Waals surface area (Å²) in [6.07, 6.45) is 20.4. The fraction of sp³-hybridized carbons (Fsp3) is 1.00. The average Bonchev–Trinajstić information content (AvgIpc) is 2.38. The Hall–Kier alpha value is 0.648. The molecule has 0 aromatic rings. The fourth-order valence-electron chi connectivity index (χ4n) is 2.78. The van der Waals surface area contributed by atoms with Crippen molar-refractivity contribution in [2.45, 2.75) is 96.8 Å². The van der Waals surface area contributed by atoms with E-state index < -0.39 is 0 Å². The zero-order chi connectivity index (χ0) is 15.1. The Bertz CT molecular complexity index is 186. The van der Waals surface area contributed by atoms with E-state index in [1.807, 2.05) is 0 Å². The third-order valence-electron chi connectivity index (χ3n) is 4.18. The van der Waals surface area contributed by atoms with Crippen LogP contribution in [0.4, 0.5) is 0 Å². The molecule has 0 heterocycles. The summed E-state index contributed by atoms with van der Waals surface area (Å²) < 4.78 is 1.12. The second kappa shape index (κ2) is 17.0. The van der Waals surface area contributed by atoms with Crippen molar-refractivity contribution >= 4 is 0 Å². The van der Waals surface area contributed by atoms with Gasteiger partial charge in [0.15, 0.2) is 0 Å². The van der Waals surface area contributed by atoms with Gasteiger partial charge in [0.2, 0.25) is 0 Å². The van der Waals surface area contributed by atoms with Gasteiger partial charge in [-0.2, -0.15) is 0 Å². The van der Waals surface area contributed by atoms with E-state index in [9.17, 15) is 0 Å². The summed E-state index contributed by atoms with van der Waals surface area (Å²) in [6.45, 7) is 3.63. The smallest absolute Gasteiger partial charge is 0.0780 e. The van der Waals surface area contributed by atoms with Crippen molar-refractivity contribution in [3.63, 3.8) is 0 Å². The SMILES string of the molecule is CCCCCCCCCCCCCCCC[N+](C)(C)C.[W]. The first-order valence-corrected chi connectivity index (χ1v) is 9.36. The van der Waals surface area contributed by atoms with E-state index in [4.69, 9.17) is 0 Å². The van der Waals surface area contributed by atoms with Gasteiger partial charge < -0.3 is 4.48 Å². The number of rotatable bonds is 15. The normalized spacial score (nSPS) is 11.4. The predicted octanol–water partition coefficient (Wildman–Crippen LogP) is 6.17. The first-order valence-electron chi connectivity index (χ1n) is 9.36. The van der Waals surface area contributed by atoms with Gasteiger partial charge in [-0.25, -0.2) is 0 Å². The van der Waals surface area contributed by atoms with Crippen molar-refractivity contribution < 1.29 is 25.5 Å². The summed E-state index contributed by atoms with van der Waals surface area (Å²) in [5, 5.41) is 0. The van der Waals surface area contributed by atoms with Crippen molar-refractivity contribution in [2.24, 2.45) is 0 Å². The maximum atomic E-state index is 2.29. The molecule has 21 heavy (non-hydrogen) atoms. The first kappa shape index (κ1) is 23.9. The molecular formula is C19H42NW+. The zero-order valence-corrected chi connectivity index (χ0v) is 18.4. The summed E-state index contributed by atoms with van der Waals surface area (Å²) in [5.74, 6) is 0. The Balaban J connectivity index is 0. The Morgan fingerprint density at radius 1 is 0.476 bits per heavy atom. The summed E-state index contributed by atoms with van der Waals surface area (Å²) >= 11 is 0. The molecule has 0 radical (unpaired) electrons. The van der Waals surface area contributed by atoms with Gasteiger partial charge in [0.25, 0.3) is 0 Å². The van der Waals surface area contributed by atoms with Gasteiger partial charge >= 0.3 is 0 Å². The first-order chi connectivity index (χ1) is 9.56. The van der Waals surface area contributed by atoms with Gasteiger partial charge in [-0.15, -0.1) is 0 Å². The molecule has 0 saturated heterocycles. The summed E-state index contributed by atoms with van der Waals surface area (Å²) in [5.41, 5.74) is 0. The summed E-state index contributed by atoms with van der Waals surface area (Å²) in [4.78, 5) is 0. The van der Waals surface area contributed by atoms with E-state index in [0.717, 1.165) is 4.48 Å². The van der Waals surface area contributed by atoms with Crippen LogP contribution in [0.1, 0.15) is 96.8 Å². The van der Waals surface area contributed by atoms with E-state index >= 15 is 0 Å². The van der Waals surface area contributed by atoms with Gasteiger partial charge in [-0.05, 0) is 12.8 Å². The molecule has 0 amide bonds. The number of quaternary nitrogens is 1. The minimum Gasteiger partial charge on any atom is -0.331 e. The molecule has 1 nitrogen and oxygen atoms in total. The van der Waals surface area contributed by atoms with Gasteiger partial charge in [0, 0.05) is 21.1 Å². The van der Waals surface area contributed by atoms with Gasteiger partial charge in [0.05, 0.1) is 27.7 Å². The monoisotopic (exact) mass is 468 g/mol. The molecule has 0 rings (SSSR count). The molecule has 0 unspecified atom stereocenters. The number of hydrogen-bond acceptors (Lipinski definition) is 0. The molecular weight excluding hydrogens is 426 g/mol. The van der Waals surface area contributed by atoms with Crippen LogP contribution in [0.5, 0.6) is 0 Å². The molecule has 0 spiro atoms. The molecule has 0 bridgehead atoms. The van der Waals surface area contributed by atoms with Gasteiger partial charge in [0.1, 0.15) is 0 Å². The maximum Gasteiger partial charge on any atom is 0.0780 e. The number of unbranched alkanes of at least 4 members (excludes halogenated alkanes) is 13. The van der Waals surface area contributed by atoms with E-state index in [0.29, 0.717) is 0 Å². The Morgan fingerprint density at radius 3 is 1.05 bits per heavy atom. The van der Waals surface area contributed by atoms with Crippen LogP contribution in [0.3, 0.4) is 0 Å². The van der Waals surface area contributed by atoms with Crippen LogP contribution < -0.4 is 0 Å². The van der Waals surface area contributed by atoms with E-state index in [1.54, 1.807) is 0 Å². The Labute approximate surface area is 150 Å². The van der Waals surface area contributed by atoms with E-state index in [-0.39, 0.29) is 21.1 Å². The van der Waals surface area contributed by atoms with Crippen LogP contribution in [-0.2, 0) is 21.1 Å². The molecule has 2 heteroatoms. The van der Waals surface area contributed by atoms with Crippen molar-refractivity contribution in [3.05, 3.63) is 0 Å². The molecule has 128 valence electrons. The quantitative estimate of drug-likeness (QED) is 0.199. The van der Waals surface area contributed by atoms with Gasteiger partial charge in [-0.3, -0.25) is 0 Å². The standard InChI is InChI=1S/C19H42N.W/c1-5-6-7-8-9-10-11-12-13-14-15-16-17-18-19-20(2,3)4;/h5-19H2,1-4H3;/q+1;. The predicted molar refractivity (Wildman–Crippen MR) is 93.2 cm³/mol. The Morgan fingerprint density at radius 2 is 0.762 bits per heavy atom. The van der Waals surface area contributed by atoms with Crippen LogP contribution in [0.15, 0.2) is 0 Å².